The van der Waals surface area contributed by atoms with Crippen LogP contribution in [0.3, 0.4) is 0 Å². The van der Waals surface area contributed by atoms with E-state index in [0.29, 0.717) is 19.0 Å². The summed E-state index contributed by atoms with van der Waals surface area (Å²) in [5, 5.41) is 17.1. The number of hydrogen-bond acceptors (Lipinski definition) is 5. The van der Waals surface area contributed by atoms with E-state index < -0.39 is 6.10 Å². The minimum Gasteiger partial charge on any atom is -0.469 e. The molecule has 0 amide bonds. The first kappa shape index (κ1) is 20.4. The third kappa shape index (κ3) is 6.99. The third-order valence-electron chi connectivity index (χ3n) is 4.67. The monoisotopic (exact) mass is 386 g/mol. The van der Waals surface area contributed by atoms with Crippen molar-refractivity contribution in [3.05, 3.63) is 60.1 Å². The fraction of sp³-hybridized carbons (Fsp3) is 0.476. The first-order valence-electron chi connectivity index (χ1n) is 9.89. The lowest BCUT2D eigenvalue weighted by Crippen LogP contribution is -2.45. The molecule has 1 aliphatic rings. The average molecular weight is 386 g/mol. The highest BCUT2D eigenvalue weighted by Gasteiger charge is 2.11. The van der Waals surface area contributed by atoms with Crippen molar-refractivity contribution in [1.82, 2.24) is 15.5 Å². The second-order valence-electron chi connectivity index (χ2n) is 6.75. The summed E-state index contributed by atoms with van der Waals surface area (Å²) in [7, 11) is 0. The topological polar surface area (TPSA) is 82.3 Å². The Bertz CT molecular complexity index is 685. The summed E-state index contributed by atoms with van der Waals surface area (Å²) in [6.45, 7) is 6.25. The van der Waals surface area contributed by atoms with Gasteiger partial charge in [-0.15, -0.1) is 0 Å². The Labute approximate surface area is 166 Å². The minimum absolute atomic E-state index is 0.303. The molecule has 0 aliphatic carbocycles. The standard InChI is InChI=1S/C21H30N4O3/c26-20(18-5-2-1-3-6-18)17-24-21(22-9-8-19-7-4-14-28-19)23-10-11-25-12-15-27-16-13-25/h1-7,14,20,26H,8-13,15-17H2,(H2,22,23,24). The van der Waals surface area contributed by atoms with Crippen LogP contribution in [0.2, 0.25) is 0 Å². The van der Waals surface area contributed by atoms with E-state index in [2.05, 4.69) is 20.5 Å². The molecule has 152 valence electrons. The molecule has 1 aromatic heterocycles. The molecule has 0 spiro atoms. The van der Waals surface area contributed by atoms with Crippen LogP contribution in [0.4, 0.5) is 0 Å². The van der Waals surface area contributed by atoms with Gasteiger partial charge in [-0.3, -0.25) is 9.89 Å². The molecular formula is C21H30N4O3. The Morgan fingerprint density at radius 2 is 1.86 bits per heavy atom. The van der Waals surface area contributed by atoms with Gasteiger partial charge in [0.05, 0.1) is 32.1 Å². The Kier molecular flexibility index (Phi) is 8.36. The minimum atomic E-state index is -0.621. The van der Waals surface area contributed by atoms with E-state index in [-0.39, 0.29) is 0 Å². The number of benzene rings is 1. The maximum absolute atomic E-state index is 10.4. The smallest absolute Gasteiger partial charge is 0.191 e. The normalized spacial score (nSPS) is 16.7. The number of aliphatic hydroxyl groups excluding tert-OH is 1. The predicted molar refractivity (Wildman–Crippen MR) is 109 cm³/mol. The number of aliphatic hydroxyl groups is 1. The summed E-state index contributed by atoms with van der Waals surface area (Å²) in [6.07, 6.45) is 1.84. The second kappa shape index (κ2) is 11.5. The number of guanidine groups is 1. The van der Waals surface area contributed by atoms with E-state index in [0.717, 1.165) is 57.1 Å². The molecule has 1 atom stereocenters. The zero-order chi connectivity index (χ0) is 19.4. The molecule has 3 N–H and O–H groups in total. The van der Waals surface area contributed by atoms with Gasteiger partial charge in [0, 0.05) is 39.1 Å². The van der Waals surface area contributed by atoms with Crippen molar-refractivity contribution in [1.29, 1.82) is 0 Å². The molecule has 0 bridgehead atoms. The van der Waals surface area contributed by atoms with E-state index in [1.165, 1.54) is 0 Å². The van der Waals surface area contributed by atoms with Crippen LogP contribution < -0.4 is 10.6 Å². The van der Waals surface area contributed by atoms with E-state index in [1.807, 2.05) is 42.5 Å². The molecular weight excluding hydrogens is 356 g/mol. The molecule has 2 heterocycles. The number of ether oxygens (including phenoxy) is 1. The van der Waals surface area contributed by atoms with Gasteiger partial charge in [-0.05, 0) is 17.7 Å². The van der Waals surface area contributed by atoms with E-state index in [9.17, 15) is 5.11 Å². The molecule has 0 saturated carbocycles. The number of nitrogens with zero attached hydrogens (tertiary/aromatic N) is 2. The van der Waals surface area contributed by atoms with Crippen LogP contribution in [0.25, 0.3) is 0 Å². The quantitative estimate of drug-likeness (QED) is 0.447. The van der Waals surface area contributed by atoms with Gasteiger partial charge in [-0.25, -0.2) is 0 Å². The van der Waals surface area contributed by atoms with Gasteiger partial charge >= 0.3 is 0 Å². The predicted octanol–water partition coefficient (Wildman–Crippen LogP) is 1.42. The van der Waals surface area contributed by atoms with Gasteiger partial charge in [-0.2, -0.15) is 0 Å². The molecule has 0 radical (unpaired) electrons. The van der Waals surface area contributed by atoms with Crippen molar-refractivity contribution in [2.24, 2.45) is 4.99 Å². The van der Waals surface area contributed by atoms with Gasteiger partial charge < -0.3 is 24.9 Å². The maximum Gasteiger partial charge on any atom is 0.191 e. The molecule has 1 aromatic carbocycles. The molecule has 1 unspecified atom stereocenters. The summed E-state index contributed by atoms with van der Waals surface area (Å²) in [5.41, 5.74) is 0.870. The summed E-state index contributed by atoms with van der Waals surface area (Å²) in [5.74, 6) is 1.64. The largest absolute Gasteiger partial charge is 0.469 e. The molecule has 28 heavy (non-hydrogen) atoms. The van der Waals surface area contributed by atoms with Crippen molar-refractivity contribution in [3.8, 4) is 0 Å². The van der Waals surface area contributed by atoms with Crippen molar-refractivity contribution >= 4 is 5.96 Å². The van der Waals surface area contributed by atoms with Crippen LogP contribution >= 0.6 is 0 Å². The molecule has 3 rings (SSSR count). The Morgan fingerprint density at radius 3 is 2.61 bits per heavy atom. The van der Waals surface area contributed by atoms with Crippen LogP contribution in [0, 0.1) is 0 Å². The Balaban J connectivity index is 1.49. The zero-order valence-corrected chi connectivity index (χ0v) is 16.2. The molecule has 2 aromatic rings. The first-order chi connectivity index (χ1) is 13.8. The fourth-order valence-corrected chi connectivity index (χ4v) is 3.05. The fourth-order valence-electron chi connectivity index (χ4n) is 3.05. The summed E-state index contributed by atoms with van der Waals surface area (Å²) in [4.78, 5) is 6.94. The lowest BCUT2D eigenvalue weighted by Gasteiger charge is -2.26. The molecule has 1 saturated heterocycles. The first-order valence-corrected chi connectivity index (χ1v) is 9.89. The van der Waals surface area contributed by atoms with E-state index in [1.54, 1.807) is 6.26 Å². The van der Waals surface area contributed by atoms with Crippen LogP contribution in [-0.2, 0) is 11.2 Å². The van der Waals surface area contributed by atoms with Crippen LogP contribution in [0.1, 0.15) is 17.4 Å². The number of hydrogen-bond donors (Lipinski definition) is 3. The van der Waals surface area contributed by atoms with Crippen LogP contribution in [0.5, 0.6) is 0 Å². The highest BCUT2D eigenvalue weighted by molar-refractivity contribution is 5.79. The summed E-state index contributed by atoms with van der Waals surface area (Å²) in [6, 6.07) is 13.5. The summed E-state index contributed by atoms with van der Waals surface area (Å²) >= 11 is 0. The van der Waals surface area contributed by atoms with Crippen LogP contribution in [-0.4, -0.2) is 68.4 Å². The highest BCUT2D eigenvalue weighted by atomic mass is 16.5. The SMILES string of the molecule is OC(CN=C(NCCc1ccco1)NCCN1CCOCC1)c1ccccc1. The molecule has 7 nitrogen and oxygen atoms in total. The number of aliphatic imine (C=N–C) groups is 1. The molecule has 1 aliphatic heterocycles. The Hall–Kier alpha value is -2.35. The van der Waals surface area contributed by atoms with E-state index >= 15 is 0 Å². The molecule has 1 fully saturated rings. The van der Waals surface area contributed by atoms with Crippen LogP contribution in [0.15, 0.2) is 58.1 Å². The van der Waals surface area contributed by atoms with Gasteiger partial charge in [-0.1, -0.05) is 30.3 Å². The van der Waals surface area contributed by atoms with Crippen molar-refractivity contribution in [3.63, 3.8) is 0 Å². The van der Waals surface area contributed by atoms with Crippen molar-refractivity contribution in [2.45, 2.75) is 12.5 Å². The van der Waals surface area contributed by atoms with Gasteiger partial charge in [0.2, 0.25) is 0 Å². The maximum atomic E-state index is 10.4. The number of rotatable bonds is 9. The van der Waals surface area contributed by atoms with Crippen molar-refractivity contribution < 1.29 is 14.3 Å². The van der Waals surface area contributed by atoms with Crippen molar-refractivity contribution in [2.75, 3.05) is 52.5 Å². The van der Waals surface area contributed by atoms with Gasteiger partial charge in [0.15, 0.2) is 5.96 Å². The zero-order valence-electron chi connectivity index (χ0n) is 16.2. The molecule has 7 heteroatoms. The second-order valence-corrected chi connectivity index (χ2v) is 6.75. The van der Waals surface area contributed by atoms with Gasteiger partial charge in [0.25, 0.3) is 0 Å². The third-order valence-corrected chi connectivity index (χ3v) is 4.67. The highest BCUT2D eigenvalue weighted by Crippen LogP contribution is 2.11. The average Bonchev–Trinajstić information content (AvgIpc) is 3.26. The number of furan rings is 1. The summed E-state index contributed by atoms with van der Waals surface area (Å²) < 4.78 is 10.8. The van der Waals surface area contributed by atoms with E-state index in [4.69, 9.17) is 9.15 Å². The lowest BCUT2D eigenvalue weighted by atomic mass is 10.1. The number of nitrogens with one attached hydrogen (secondary N) is 2. The Morgan fingerprint density at radius 1 is 1.07 bits per heavy atom. The lowest BCUT2D eigenvalue weighted by molar-refractivity contribution is 0.0389. The van der Waals surface area contributed by atoms with Gasteiger partial charge in [0.1, 0.15) is 5.76 Å². The number of morpholine rings is 1.